The van der Waals surface area contributed by atoms with Crippen LogP contribution in [-0.4, -0.2) is 24.5 Å². The number of hydrogen-bond donors (Lipinski definition) is 0. The van der Waals surface area contributed by atoms with Gasteiger partial charge in [-0.15, -0.1) is 0 Å². The molecule has 0 bridgehead atoms. The Bertz CT molecular complexity index is 1010. The minimum Gasteiger partial charge on any atom is -0.497 e. The lowest BCUT2D eigenvalue weighted by molar-refractivity contribution is 0.0704. The van der Waals surface area contributed by atoms with E-state index in [0.29, 0.717) is 17.5 Å². The highest BCUT2D eigenvalue weighted by molar-refractivity contribution is 5.93. The smallest absolute Gasteiger partial charge is 0.290 e. The molecule has 0 unspecified atom stereocenters. The van der Waals surface area contributed by atoms with Crippen molar-refractivity contribution in [2.24, 2.45) is 0 Å². The van der Waals surface area contributed by atoms with Crippen LogP contribution in [0.4, 0.5) is 0 Å². The number of fused-ring (bicyclic) bond motifs is 1. The Kier molecular flexibility index (Phi) is 4.21. The summed E-state index contributed by atoms with van der Waals surface area (Å²) in [6.07, 6.45) is 1.80. The molecule has 2 aromatic carbocycles. The maximum atomic E-state index is 13.0. The normalized spacial score (nSPS) is 16.8. The fourth-order valence-corrected chi connectivity index (χ4v) is 3.53. The molecule has 2 heterocycles. The monoisotopic (exact) mass is 349 g/mol. The van der Waals surface area contributed by atoms with Crippen molar-refractivity contribution in [3.05, 3.63) is 76.1 Å². The molecule has 3 aromatic rings. The quantitative estimate of drug-likeness (QED) is 0.722. The first-order valence-electron chi connectivity index (χ1n) is 8.65. The highest BCUT2D eigenvalue weighted by atomic mass is 16.5. The highest BCUT2D eigenvalue weighted by Gasteiger charge is 2.32. The number of methoxy groups -OCH3 is 1. The van der Waals surface area contributed by atoms with Gasteiger partial charge in [-0.1, -0.05) is 24.3 Å². The van der Waals surface area contributed by atoms with E-state index in [1.54, 1.807) is 36.3 Å². The van der Waals surface area contributed by atoms with Crippen LogP contribution in [0, 0.1) is 0 Å². The summed E-state index contributed by atoms with van der Waals surface area (Å²) in [5.41, 5.74) is 1.29. The third-order valence-corrected chi connectivity index (χ3v) is 4.86. The Morgan fingerprint density at radius 3 is 2.69 bits per heavy atom. The molecule has 132 valence electrons. The van der Waals surface area contributed by atoms with Gasteiger partial charge >= 0.3 is 0 Å². The first-order valence-corrected chi connectivity index (χ1v) is 8.65. The van der Waals surface area contributed by atoms with Crippen LogP contribution in [0.25, 0.3) is 11.0 Å². The van der Waals surface area contributed by atoms with E-state index in [2.05, 4.69) is 0 Å². The summed E-state index contributed by atoms with van der Waals surface area (Å²) in [5, 5.41) is 0.483. The van der Waals surface area contributed by atoms with Crippen LogP contribution in [0.15, 0.2) is 63.8 Å². The molecule has 5 nitrogen and oxygen atoms in total. The predicted molar refractivity (Wildman–Crippen MR) is 98.5 cm³/mol. The lowest BCUT2D eigenvalue weighted by Gasteiger charge is -2.24. The van der Waals surface area contributed by atoms with Gasteiger partial charge in [-0.3, -0.25) is 9.59 Å². The molecule has 4 rings (SSSR count). The van der Waals surface area contributed by atoms with Crippen molar-refractivity contribution >= 4 is 16.9 Å². The maximum absolute atomic E-state index is 13.0. The van der Waals surface area contributed by atoms with Crippen molar-refractivity contribution in [1.29, 1.82) is 0 Å². The fraction of sp³-hybridized carbons (Fsp3) is 0.238. The Morgan fingerprint density at radius 2 is 1.92 bits per heavy atom. The molecule has 0 N–H and O–H groups in total. The number of ether oxygens (including phenoxy) is 1. The van der Waals surface area contributed by atoms with E-state index >= 15 is 0 Å². The summed E-state index contributed by atoms with van der Waals surface area (Å²) in [6, 6.07) is 16.0. The van der Waals surface area contributed by atoms with Crippen LogP contribution in [0.2, 0.25) is 0 Å². The van der Waals surface area contributed by atoms with E-state index in [4.69, 9.17) is 9.15 Å². The standard InChI is InChI=1S/C21H19NO4/c1-25-15-10-8-14(9-11-15)17-6-4-12-22(17)21(24)20-13-18(23)16-5-2-3-7-19(16)26-20/h2-3,5,7-11,13,17H,4,6,12H2,1H3/t17-/m1/s1. The number of hydrogen-bond acceptors (Lipinski definition) is 4. The van der Waals surface area contributed by atoms with Gasteiger partial charge in [-0.25, -0.2) is 0 Å². The number of rotatable bonds is 3. The van der Waals surface area contributed by atoms with Crippen molar-refractivity contribution in [1.82, 2.24) is 4.90 Å². The van der Waals surface area contributed by atoms with E-state index in [1.807, 2.05) is 24.3 Å². The van der Waals surface area contributed by atoms with Crippen LogP contribution >= 0.6 is 0 Å². The predicted octanol–water partition coefficient (Wildman–Crippen LogP) is 3.78. The summed E-state index contributed by atoms with van der Waals surface area (Å²) < 4.78 is 10.9. The lowest BCUT2D eigenvalue weighted by Crippen LogP contribution is -2.31. The van der Waals surface area contributed by atoms with Gasteiger partial charge in [0, 0.05) is 12.6 Å². The van der Waals surface area contributed by atoms with Crippen molar-refractivity contribution in [3.8, 4) is 5.75 Å². The average molecular weight is 349 g/mol. The zero-order valence-corrected chi connectivity index (χ0v) is 14.5. The summed E-state index contributed by atoms with van der Waals surface area (Å²) in [7, 11) is 1.63. The number of nitrogens with zero attached hydrogens (tertiary/aromatic N) is 1. The Hall–Kier alpha value is -3.08. The Labute approximate surface area is 150 Å². The number of carbonyl (C=O) groups excluding carboxylic acids is 1. The molecule has 1 amide bonds. The molecular formula is C21H19NO4. The van der Waals surface area contributed by atoms with Gasteiger partial charge < -0.3 is 14.1 Å². The van der Waals surface area contributed by atoms with Crippen LogP contribution in [0.1, 0.15) is 35.0 Å². The van der Waals surface area contributed by atoms with Gasteiger partial charge in [0.15, 0.2) is 11.2 Å². The van der Waals surface area contributed by atoms with Gasteiger partial charge in [0.2, 0.25) is 0 Å². The summed E-state index contributed by atoms with van der Waals surface area (Å²) in [5.74, 6) is 0.630. The number of benzene rings is 2. The highest BCUT2D eigenvalue weighted by Crippen LogP contribution is 2.34. The Balaban J connectivity index is 1.67. The second-order valence-electron chi connectivity index (χ2n) is 6.40. The summed E-state index contributed by atoms with van der Waals surface area (Å²) in [4.78, 5) is 27.1. The van der Waals surface area contributed by atoms with Crippen molar-refractivity contribution in [2.75, 3.05) is 13.7 Å². The van der Waals surface area contributed by atoms with E-state index in [1.165, 1.54) is 6.07 Å². The van der Waals surface area contributed by atoms with E-state index in [0.717, 1.165) is 24.2 Å². The molecular weight excluding hydrogens is 330 g/mol. The van der Waals surface area contributed by atoms with Crippen LogP contribution in [0.5, 0.6) is 5.75 Å². The third-order valence-electron chi connectivity index (χ3n) is 4.86. The molecule has 1 atom stereocenters. The maximum Gasteiger partial charge on any atom is 0.290 e. The molecule has 26 heavy (non-hydrogen) atoms. The minimum absolute atomic E-state index is 0.0230. The van der Waals surface area contributed by atoms with Gasteiger partial charge in [0.05, 0.1) is 18.5 Å². The van der Waals surface area contributed by atoms with Gasteiger partial charge in [0.25, 0.3) is 5.91 Å². The second kappa shape index (κ2) is 6.67. The van der Waals surface area contributed by atoms with Crippen molar-refractivity contribution in [3.63, 3.8) is 0 Å². The van der Waals surface area contributed by atoms with E-state index in [9.17, 15) is 9.59 Å². The minimum atomic E-state index is -0.244. The zero-order chi connectivity index (χ0) is 18.1. The topological polar surface area (TPSA) is 59.8 Å². The lowest BCUT2D eigenvalue weighted by atomic mass is 10.0. The van der Waals surface area contributed by atoms with Crippen LogP contribution < -0.4 is 10.2 Å². The van der Waals surface area contributed by atoms with Gasteiger partial charge in [-0.2, -0.15) is 0 Å². The molecule has 0 spiro atoms. The molecule has 0 saturated carbocycles. The first kappa shape index (κ1) is 16.4. The largest absolute Gasteiger partial charge is 0.497 e. The van der Waals surface area contributed by atoms with E-state index in [-0.39, 0.29) is 23.1 Å². The molecule has 0 aliphatic carbocycles. The van der Waals surface area contributed by atoms with Gasteiger partial charge in [-0.05, 0) is 42.7 Å². The van der Waals surface area contributed by atoms with Crippen LogP contribution in [0.3, 0.4) is 0 Å². The van der Waals surface area contributed by atoms with Gasteiger partial charge in [0.1, 0.15) is 11.3 Å². The average Bonchev–Trinajstić information content (AvgIpc) is 3.17. The molecule has 1 fully saturated rings. The second-order valence-corrected chi connectivity index (χ2v) is 6.40. The molecule has 5 heteroatoms. The number of amides is 1. The Morgan fingerprint density at radius 1 is 1.15 bits per heavy atom. The molecule has 1 saturated heterocycles. The van der Waals surface area contributed by atoms with Crippen LogP contribution in [-0.2, 0) is 0 Å². The SMILES string of the molecule is COc1ccc([C@H]2CCCN2C(=O)c2cc(=O)c3ccccc3o2)cc1. The zero-order valence-electron chi connectivity index (χ0n) is 14.5. The number of para-hydroxylation sites is 1. The molecule has 0 radical (unpaired) electrons. The summed E-state index contributed by atoms with van der Waals surface area (Å²) >= 11 is 0. The van der Waals surface area contributed by atoms with Crippen molar-refractivity contribution in [2.45, 2.75) is 18.9 Å². The fourth-order valence-electron chi connectivity index (χ4n) is 3.53. The number of carbonyl (C=O) groups is 1. The summed E-state index contributed by atoms with van der Waals surface area (Å²) in [6.45, 7) is 0.645. The van der Waals surface area contributed by atoms with E-state index < -0.39 is 0 Å². The molecule has 1 aromatic heterocycles. The van der Waals surface area contributed by atoms with Crippen molar-refractivity contribution < 1.29 is 13.9 Å². The first-order chi connectivity index (χ1) is 12.7. The molecule has 1 aliphatic rings. The number of likely N-dealkylation sites (tertiary alicyclic amines) is 1. The third kappa shape index (κ3) is 2.86. The molecule has 1 aliphatic heterocycles.